The van der Waals surface area contributed by atoms with Gasteiger partial charge in [-0.15, -0.1) is 0 Å². The zero-order chi connectivity index (χ0) is 17.5. The lowest BCUT2D eigenvalue weighted by Crippen LogP contribution is -2.30. The van der Waals surface area contributed by atoms with E-state index in [1.54, 1.807) is 29.4 Å². The lowest BCUT2D eigenvalue weighted by atomic mass is 10.1. The Kier molecular flexibility index (Phi) is 5.57. The van der Waals surface area contributed by atoms with Crippen LogP contribution >= 0.6 is 0 Å². The second kappa shape index (κ2) is 8.24. The molecule has 2 aromatic heterocycles. The van der Waals surface area contributed by atoms with Crippen LogP contribution in [0.25, 0.3) is 0 Å². The van der Waals surface area contributed by atoms with Gasteiger partial charge in [-0.25, -0.2) is 4.39 Å². The van der Waals surface area contributed by atoms with Crippen molar-refractivity contribution in [2.75, 3.05) is 0 Å². The Labute approximate surface area is 146 Å². The highest BCUT2D eigenvalue weighted by Gasteiger charge is 2.15. The Balaban J connectivity index is 1.70. The molecule has 0 fully saturated rings. The van der Waals surface area contributed by atoms with Gasteiger partial charge in [0.05, 0.1) is 0 Å². The van der Waals surface area contributed by atoms with Crippen LogP contribution in [0, 0.1) is 5.82 Å². The number of nitrogens with zero attached hydrogens (tertiary/aromatic N) is 3. The zero-order valence-electron chi connectivity index (χ0n) is 13.9. The lowest BCUT2D eigenvalue weighted by molar-refractivity contribution is -0.132. The molecule has 3 rings (SSSR count). The van der Waals surface area contributed by atoms with Gasteiger partial charge in [0.1, 0.15) is 5.82 Å². The number of carbonyl (C=O) groups excluding carboxylic acids is 1. The van der Waals surface area contributed by atoms with Gasteiger partial charge in [0.15, 0.2) is 0 Å². The molecule has 1 aromatic carbocycles. The highest BCUT2D eigenvalue weighted by molar-refractivity contribution is 5.76. The third-order valence-electron chi connectivity index (χ3n) is 3.99. The van der Waals surface area contributed by atoms with Crippen LogP contribution in [0.1, 0.15) is 17.5 Å². The Bertz CT molecular complexity index is 786. The predicted octanol–water partition coefficient (Wildman–Crippen LogP) is 3.64. The van der Waals surface area contributed by atoms with E-state index in [2.05, 4.69) is 4.98 Å². The quantitative estimate of drug-likeness (QED) is 0.660. The molecule has 2 heterocycles. The first-order valence-electron chi connectivity index (χ1n) is 8.22. The van der Waals surface area contributed by atoms with Gasteiger partial charge >= 0.3 is 0 Å². The first-order valence-corrected chi connectivity index (χ1v) is 8.22. The summed E-state index contributed by atoms with van der Waals surface area (Å²) in [6, 6.07) is 14.0. The van der Waals surface area contributed by atoms with Crippen molar-refractivity contribution in [1.82, 2.24) is 14.5 Å². The summed E-state index contributed by atoms with van der Waals surface area (Å²) in [5.41, 5.74) is 1.87. The second-order valence-electron chi connectivity index (χ2n) is 5.91. The molecule has 0 atom stereocenters. The molecular weight excluding hydrogens is 317 g/mol. The van der Waals surface area contributed by atoms with Crippen LogP contribution in [0.3, 0.4) is 0 Å². The van der Waals surface area contributed by atoms with Crippen LogP contribution < -0.4 is 0 Å². The van der Waals surface area contributed by atoms with Crippen molar-refractivity contribution in [1.29, 1.82) is 0 Å². The van der Waals surface area contributed by atoms with Crippen LogP contribution in [0.4, 0.5) is 4.39 Å². The van der Waals surface area contributed by atoms with Gasteiger partial charge in [-0.2, -0.15) is 0 Å². The van der Waals surface area contributed by atoms with Gasteiger partial charge in [0.25, 0.3) is 0 Å². The molecule has 0 unspecified atom stereocenters. The summed E-state index contributed by atoms with van der Waals surface area (Å²) in [5, 5.41) is 0. The fourth-order valence-electron chi connectivity index (χ4n) is 2.66. The van der Waals surface area contributed by atoms with E-state index in [9.17, 15) is 9.18 Å². The van der Waals surface area contributed by atoms with Crippen LogP contribution in [0.2, 0.25) is 0 Å². The summed E-state index contributed by atoms with van der Waals surface area (Å²) in [4.78, 5) is 18.6. The SMILES string of the molecule is O=C(CCn1cccc1)N(Cc1ccc(F)cc1)Cc1cccnc1. The van der Waals surface area contributed by atoms with Crippen LogP contribution in [0.15, 0.2) is 73.3 Å². The minimum atomic E-state index is -0.276. The maximum atomic E-state index is 13.1. The van der Waals surface area contributed by atoms with Crippen molar-refractivity contribution in [3.8, 4) is 0 Å². The topological polar surface area (TPSA) is 38.1 Å². The molecule has 3 aromatic rings. The number of hydrogen-bond acceptors (Lipinski definition) is 2. The Morgan fingerprint density at radius 3 is 2.40 bits per heavy atom. The summed E-state index contributed by atoms with van der Waals surface area (Å²) in [7, 11) is 0. The van der Waals surface area contributed by atoms with Gasteiger partial charge in [-0.1, -0.05) is 18.2 Å². The fourth-order valence-corrected chi connectivity index (χ4v) is 2.66. The number of aromatic nitrogens is 2. The molecule has 0 radical (unpaired) electrons. The molecule has 0 saturated carbocycles. The van der Waals surface area contributed by atoms with Crippen molar-refractivity contribution >= 4 is 5.91 Å². The number of aryl methyl sites for hydroxylation is 1. The predicted molar refractivity (Wildman–Crippen MR) is 93.9 cm³/mol. The molecule has 0 saturated heterocycles. The van der Waals surface area contributed by atoms with Crippen molar-refractivity contribution in [3.63, 3.8) is 0 Å². The smallest absolute Gasteiger partial charge is 0.224 e. The lowest BCUT2D eigenvalue weighted by Gasteiger charge is -2.23. The molecule has 0 spiro atoms. The molecule has 25 heavy (non-hydrogen) atoms. The van der Waals surface area contributed by atoms with Crippen molar-refractivity contribution < 1.29 is 9.18 Å². The van der Waals surface area contributed by atoms with Crippen molar-refractivity contribution in [2.24, 2.45) is 0 Å². The Morgan fingerprint density at radius 2 is 1.72 bits per heavy atom. The van der Waals surface area contributed by atoms with E-state index in [-0.39, 0.29) is 11.7 Å². The number of hydrogen-bond donors (Lipinski definition) is 0. The molecule has 128 valence electrons. The fraction of sp³-hybridized carbons (Fsp3) is 0.200. The number of halogens is 1. The third-order valence-corrected chi connectivity index (χ3v) is 3.99. The molecule has 5 heteroatoms. The summed E-state index contributed by atoms with van der Waals surface area (Å²) >= 11 is 0. The summed E-state index contributed by atoms with van der Waals surface area (Å²) < 4.78 is 15.1. The third kappa shape index (κ3) is 5.01. The van der Waals surface area contributed by atoms with Crippen LogP contribution in [-0.2, 0) is 24.4 Å². The van der Waals surface area contributed by atoms with E-state index < -0.39 is 0 Å². The highest BCUT2D eigenvalue weighted by atomic mass is 19.1. The molecule has 0 aliphatic heterocycles. The number of amides is 1. The first kappa shape index (κ1) is 16.9. The largest absolute Gasteiger partial charge is 0.354 e. The van der Waals surface area contributed by atoms with Crippen LogP contribution in [-0.4, -0.2) is 20.4 Å². The van der Waals surface area contributed by atoms with Crippen molar-refractivity contribution in [3.05, 3.63) is 90.3 Å². The number of pyridine rings is 1. The first-order chi connectivity index (χ1) is 12.2. The molecular formula is C20H20FN3O. The minimum absolute atomic E-state index is 0.0573. The standard InChI is InChI=1S/C20H20FN3O/c21-19-7-5-17(6-8-19)15-24(16-18-4-3-10-22-14-18)20(25)9-13-23-11-1-2-12-23/h1-8,10-12,14H,9,13,15-16H2. The van der Waals surface area contributed by atoms with Gasteiger partial charge < -0.3 is 9.47 Å². The van der Waals surface area contributed by atoms with Gasteiger partial charge in [0.2, 0.25) is 5.91 Å². The number of carbonyl (C=O) groups is 1. The second-order valence-corrected chi connectivity index (χ2v) is 5.91. The molecule has 0 aliphatic rings. The normalized spacial score (nSPS) is 10.6. The van der Waals surface area contributed by atoms with E-state index in [1.165, 1.54) is 12.1 Å². The maximum absolute atomic E-state index is 13.1. The zero-order valence-corrected chi connectivity index (χ0v) is 13.9. The number of benzene rings is 1. The molecule has 4 nitrogen and oxygen atoms in total. The minimum Gasteiger partial charge on any atom is -0.354 e. The molecule has 0 aliphatic carbocycles. The highest BCUT2D eigenvalue weighted by Crippen LogP contribution is 2.12. The molecule has 1 amide bonds. The van der Waals surface area contributed by atoms with E-state index in [0.717, 1.165) is 11.1 Å². The van der Waals surface area contributed by atoms with Crippen LogP contribution in [0.5, 0.6) is 0 Å². The Morgan fingerprint density at radius 1 is 1.00 bits per heavy atom. The average molecular weight is 337 g/mol. The van der Waals surface area contributed by atoms with Crippen molar-refractivity contribution in [2.45, 2.75) is 26.1 Å². The Hall–Kier alpha value is -2.95. The number of rotatable bonds is 7. The van der Waals surface area contributed by atoms with Gasteiger partial charge in [-0.3, -0.25) is 9.78 Å². The summed E-state index contributed by atoms with van der Waals surface area (Å²) in [6.07, 6.45) is 7.77. The monoisotopic (exact) mass is 337 g/mol. The summed E-state index contributed by atoms with van der Waals surface area (Å²) in [6.45, 7) is 1.56. The van der Waals surface area contributed by atoms with E-state index >= 15 is 0 Å². The molecule has 0 N–H and O–H groups in total. The van der Waals surface area contributed by atoms with Gasteiger partial charge in [0, 0.05) is 50.8 Å². The molecule has 0 bridgehead atoms. The van der Waals surface area contributed by atoms with Gasteiger partial charge in [-0.05, 0) is 41.5 Å². The van der Waals surface area contributed by atoms with E-state index in [0.29, 0.717) is 26.1 Å². The average Bonchev–Trinajstić information content (AvgIpc) is 3.15. The summed E-state index contributed by atoms with van der Waals surface area (Å²) in [5.74, 6) is -0.219. The van der Waals surface area contributed by atoms with E-state index in [4.69, 9.17) is 0 Å². The van der Waals surface area contributed by atoms with E-state index in [1.807, 2.05) is 41.2 Å². The maximum Gasteiger partial charge on any atom is 0.224 e.